The van der Waals surface area contributed by atoms with Crippen LogP contribution in [0.4, 0.5) is 10.1 Å². The Kier molecular flexibility index (Phi) is 4.09. The van der Waals surface area contributed by atoms with Crippen molar-refractivity contribution in [3.8, 4) is 0 Å². The molecule has 102 valence electrons. The Morgan fingerprint density at radius 1 is 1.30 bits per heavy atom. The van der Waals surface area contributed by atoms with E-state index in [-0.39, 0.29) is 16.8 Å². The molecule has 2 amide bonds. The van der Waals surface area contributed by atoms with Crippen LogP contribution in [0.15, 0.2) is 41.1 Å². The molecule has 2 aromatic rings. The Balaban J connectivity index is 2.30. The molecule has 0 unspecified atom stereocenters. The van der Waals surface area contributed by atoms with E-state index in [0.717, 1.165) is 6.07 Å². The predicted octanol–water partition coefficient (Wildman–Crippen LogP) is 2.33. The molecule has 0 aliphatic rings. The predicted molar refractivity (Wildman–Crippen MR) is 74.8 cm³/mol. The average Bonchev–Trinajstić information content (AvgIpc) is 2.41. The van der Waals surface area contributed by atoms with Gasteiger partial charge >= 0.3 is 0 Å². The number of nitrogens with one attached hydrogen (secondary N) is 1. The summed E-state index contributed by atoms with van der Waals surface area (Å²) in [7, 11) is 0. The van der Waals surface area contributed by atoms with Crippen molar-refractivity contribution in [1.82, 2.24) is 4.98 Å². The molecule has 0 atom stereocenters. The van der Waals surface area contributed by atoms with Crippen molar-refractivity contribution in [2.45, 2.75) is 0 Å². The summed E-state index contributed by atoms with van der Waals surface area (Å²) < 4.78 is 14.0. The molecule has 0 radical (unpaired) electrons. The number of carbonyl (C=O) groups is 2. The number of anilines is 1. The Morgan fingerprint density at radius 2 is 2.05 bits per heavy atom. The van der Waals surface area contributed by atoms with E-state index >= 15 is 0 Å². The number of nitrogens with zero attached hydrogens (tertiary/aromatic N) is 1. The molecule has 1 heterocycles. The number of hydrogen-bond acceptors (Lipinski definition) is 3. The fraction of sp³-hybridized carbons (Fsp3) is 0. The first kappa shape index (κ1) is 14.1. The summed E-state index contributed by atoms with van der Waals surface area (Å²) in [4.78, 5) is 26.9. The van der Waals surface area contributed by atoms with Crippen molar-refractivity contribution in [3.63, 3.8) is 0 Å². The molecule has 0 aliphatic carbocycles. The van der Waals surface area contributed by atoms with E-state index in [0.29, 0.717) is 4.60 Å². The molecule has 3 N–H and O–H groups in total. The maximum absolute atomic E-state index is 13.6. The quantitative estimate of drug-likeness (QED) is 0.843. The first-order valence-corrected chi connectivity index (χ1v) is 6.29. The second kappa shape index (κ2) is 5.79. The molecule has 5 nitrogen and oxygen atoms in total. The number of primary amides is 1. The normalized spacial score (nSPS) is 10.1. The highest BCUT2D eigenvalue weighted by molar-refractivity contribution is 9.10. The van der Waals surface area contributed by atoms with Crippen LogP contribution in [0.1, 0.15) is 20.7 Å². The fourth-order valence-electron chi connectivity index (χ4n) is 1.52. The Bertz CT molecular complexity index is 691. The van der Waals surface area contributed by atoms with Gasteiger partial charge in [0.1, 0.15) is 10.4 Å². The molecular formula is C13H9BrFN3O2. The highest BCUT2D eigenvalue weighted by Crippen LogP contribution is 2.19. The average molecular weight is 338 g/mol. The molecule has 0 saturated heterocycles. The molecule has 1 aromatic carbocycles. The van der Waals surface area contributed by atoms with E-state index in [2.05, 4.69) is 26.2 Å². The third-order valence-electron chi connectivity index (χ3n) is 2.50. The van der Waals surface area contributed by atoms with Crippen molar-refractivity contribution in [3.05, 3.63) is 58.1 Å². The lowest BCUT2D eigenvalue weighted by molar-refractivity contribution is 0.0996. The van der Waals surface area contributed by atoms with E-state index in [1.54, 1.807) is 6.07 Å². The number of benzene rings is 1. The van der Waals surface area contributed by atoms with Gasteiger partial charge < -0.3 is 11.1 Å². The first-order chi connectivity index (χ1) is 9.49. The number of pyridine rings is 1. The molecule has 0 spiro atoms. The van der Waals surface area contributed by atoms with Crippen LogP contribution >= 0.6 is 15.9 Å². The Morgan fingerprint density at radius 3 is 2.70 bits per heavy atom. The summed E-state index contributed by atoms with van der Waals surface area (Å²) in [5.74, 6) is -1.92. The van der Waals surface area contributed by atoms with Gasteiger partial charge in [-0.2, -0.15) is 0 Å². The van der Waals surface area contributed by atoms with E-state index < -0.39 is 17.6 Å². The van der Waals surface area contributed by atoms with Crippen LogP contribution in [-0.4, -0.2) is 16.8 Å². The number of carbonyl (C=O) groups excluding carboxylic acids is 2. The van der Waals surface area contributed by atoms with Gasteiger partial charge in [0.15, 0.2) is 0 Å². The molecule has 1 aromatic heterocycles. The van der Waals surface area contributed by atoms with E-state index in [1.165, 1.54) is 24.4 Å². The summed E-state index contributed by atoms with van der Waals surface area (Å²) in [6.45, 7) is 0. The first-order valence-electron chi connectivity index (χ1n) is 5.50. The van der Waals surface area contributed by atoms with E-state index in [9.17, 15) is 14.0 Å². The second-order valence-electron chi connectivity index (χ2n) is 3.85. The SMILES string of the molecule is NC(=O)c1ccc(F)c(NC(=O)c2cccnc2Br)c1. The summed E-state index contributed by atoms with van der Waals surface area (Å²) >= 11 is 3.13. The van der Waals surface area contributed by atoms with Crippen molar-refractivity contribution in [2.75, 3.05) is 5.32 Å². The molecule has 2 rings (SSSR count). The van der Waals surface area contributed by atoms with Gasteiger partial charge in [0.05, 0.1) is 11.3 Å². The highest BCUT2D eigenvalue weighted by atomic mass is 79.9. The summed E-state index contributed by atoms with van der Waals surface area (Å²) in [6.07, 6.45) is 1.51. The fourth-order valence-corrected chi connectivity index (χ4v) is 1.95. The van der Waals surface area contributed by atoms with Crippen molar-refractivity contribution < 1.29 is 14.0 Å². The molecular weight excluding hydrogens is 329 g/mol. The van der Waals surface area contributed by atoms with Gasteiger partial charge in [-0.05, 0) is 46.3 Å². The molecule has 7 heteroatoms. The third kappa shape index (κ3) is 3.00. The molecule has 0 fully saturated rings. The minimum Gasteiger partial charge on any atom is -0.366 e. The van der Waals surface area contributed by atoms with E-state index in [1.807, 2.05) is 0 Å². The van der Waals surface area contributed by atoms with Gasteiger partial charge in [0.2, 0.25) is 5.91 Å². The lowest BCUT2D eigenvalue weighted by atomic mass is 10.1. The van der Waals surface area contributed by atoms with Crippen molar-refractivity contribution in [1.29, 1.82) is 0 Å². The summed E-state index contributed by atoms with van der Waals surface area (Å²) in [5.41, 5.74) is 5.33. The zero-order valence-corrected chi connectivity index (χ0v) is 11.6. The van der Waals surface area contributed by atoms with Crippen LogP contribution < -0.4 is 11.1 Å². The zero-order chi connectivity index (χ0) is 14.7. The maximum atomic E-state index is 13.6. The molecule has 0 bridgehead atoms. The smallest absolute Gasteiger partial charge is 0.258 e. The largest absolute Gasteiger partial charge is 0.366 e. The number of rotatable bonds is 3. The maximum Gasteiger partial charge on any atom is 0.258 e. The lowest BCUT2D eigenvalue weighted by Crippen LogP contribution is -2.16. The van der Waals surface area contributed by atoms with Gasteiger partial charge in [-0.25, -0.2) is 9.37 Å². The van der Waals surface area contributed by atoms with Gasteiger partial charge in [-0.3, -0.25) is 9.59 Å². The number of hydrogen-bond donors (Lipinski definition) is 2. The standard InChI is InChI=1S/C13H9BrFN3O2/c14-11-8(2-1-5-17-11)13(20)18-10-6-7(12(16)19)3-4-9(10)15/h1-6H,(H2,16,19)(H,18,20). The lowest BCUT2D eigenvalue weighted by Gasteiger charge is -2.08. The van der Waals surface area contributed by atoms with Crippen LogP contribution in [0, 0.1) is 5.82 Å². The van der Waals surface area contributed by atoms with Crippen molar-refractivity contribution >= 4 is 33.4 Å². The van der Waals surface area contributed by atoms with Gasteiger partial charge in [-0.1, -0.05) is 0 Å². The highest BCUT2D eigenvalue weighted by Gasteiger charge is 2.14. The Hall–Kier alpha value is -2.28. The topological polar surface area (TPSA) is 85.1 Å². The minimum absolute atomic E-state index is 0.104. The Labute approximate surface area is 122 Å². The van der Waals surface area contributed by atoms with Crippen LogP contribution in [0.2, 0.25) is 0 Å². The minimum atomic E-state index is -0.706. The van der Waals surface area contributed by atoms with Gasteiger partial charge in [0.25, 0.3) is 5.91 Å². The third-order valence-corrected chi connectivity index (χ3v) is 3.13. The number of halogens is 2. The van der Waals surface area contributed by atoms with Crippen molar-refractivity contribution in [2.24, 2.45) is 5.73 Å². The number of aromatic nitrogens is 1. The molecule has 20 heavy (non-hydrogen) atoms. The monoisotopic (exact) mass is 337 g/mol. The van der Waals surface area contributed by atoms with Crippen LogP contribution in [-0.2, 0) is 0 Å². The molecule has 0 aliphatic heterocycles. The van der Waals surface area contributed by atoms with Crippen LogP contribution in [0.5, 0.6) is 0 Å². The van der Waals surface area contributed by atoms with Crippen LogP contribution in [0.25, 0.3) is 0 Å². The second-order valence-corrected chi connectivity index (χ2v) is 4.61. The number of nitrogens with two attached hydrogens (primary N) is 1. The van der Waals surface area contributed by atoms with E-state index in [4.69, 9.17) is 5.73 Å². The summed E-state index contributed by atoms with van der Waals surface area (Å²) in [5, 5.41) is 2.37. The molecule has 0 saturated carbocycles. The van der Waals surface area contributed by atoms with Gasteiger partial charge in [-0.15, -0.1) is 0 Å². The summed E-state index contributed by atoms with van der Waals surface area (Å²) in [6, 6.07) is 6.60. The van der Waals surface area contributed by atoms with Gasteiger partial charge in [0, 0.05) is 11.8 Å². The zero-order valence-electron chi connectivity index (χ0n) is 10.1. The number of amides is 2. The van der Waals surface area contributed by atoms with Crippen LogP contribution in [0.3, 0.4) is 0 Å².